The Labute approximate surface area is 91.2 Å². The molecule has 2 rings (SSSR count). The van der Waals surface area contributed by atoms with E-state index in [-0.39, 0.29) is 0 Å². The van der Waals surface area contributed by atoms with Crippen molar-refractivity contribution in [3.05, 3.63) is 17.0 Å². The quantitative estimate of drug-likeness (QED) is 0.829. The van der Waals surface area contributed by atoms with Crippen molar-refractivity contribution in [2.45, 2.75) is 52.6 Å². The fourth-order valence-corrected chi connectivity index (χ4v) is 2.44. The molecule has 15 heavy (non-hydrogen) atoms. The first-order valence-corrected chi connectivity index (χ1v) is 5.83. The van der Waals surface area contributed by atoms with E-state index in [2.05, 4.69) is 17.4 Å². The molecule has 0 unspecified atom stereocenters. The van der Waals surface area contributed by atoms with E-state index in [0.717, 1.165) is 23.9 Å². The summed E-state index contributed by atoms with van der Waals surface area (Å²) in [7, 11) is 0. The largest absolute Gasteiger partial charge is 0.361 e. The fourth-order valence-electron chi connectivity index (χ4n) is 2.44. The van der Waals surface area contributed by atoms with Gasteiger partial charge in [0.05, 0.1) is 5.69 Å². The van der Waals surface area contributed by atoms with Crippen LogP contribution in [0.1, 0.15) is 43.2 Å². The molecule has 3 nitrogen and oxygen atoms in total. The molecule has 3 heteroatoms. The highest BCUT2D eigenvalue weighted by atomic mass is 16.5. The van der Waals surface area contributed by atoms with Crippen LogP contribution in [0.3, 0.4) is 0 Å². The van der Waals surface area contributed by atoms with E-state index in [4.69, 9.17) is 4.52 Å². The highest BCUT2D eigenvalue weighted by molar-refractivity contribution is 5.20. The van der Waals surface area contributed by atoms with Crippen LogP contribution in [0.25, 0.3) is 0 Å². The van der Waals surface area contributed by atoms with Crippen LogP contribution in [0.2, 0.25) is 0 Å². The molecule has 0 aliphatic heterocycles. The molecule has 0 saturated heterocycles. The molecule has 1 fully saturated rings. The summed E-state index contributed by atoms with van der Waals surface area (Å²) < 4.78 is 5.15. The lowest BCUT2D eigenvalue weighted by Crippen LogP contribution is -2.30. The maximum absolute atomic E-state index is 5.15. The molecule has 1 aliphatic carbocycles. The molecule has 1 aliphatic rings. The van der Waals surface area contributed by atoms with E-state index in [9.17, 15) is 0 Å². The first kappa shape index (κ1) is 10.7. The normalized spacial score (nSPS) is 26.1. The van der Waals surface area contributed by atoms with Crippen molar-refractivity contribution in [3.8, 4) is 0 Å². The zero-order valence-corrected chi connectivity index (χ0v) is 9.84. The van der Waals surface area contributed by atoms with E-state index >= 15 is 0 Å². The first-order chi connectivity index (χ1) is 7.18. The summed E-state index contributed by atoms with van der Waals surface area (Å²) in [5.41, 5.74) is 2.25. The van der Waals surface area contributed by atoms with Gasteiger partial charge >= 0.3 is 0 Å². The number of aryl methyl sites for hydroxylation is 2. The van der Waals surface area contributed by atoms with Gasteiger partial charge in [-0.1, -0.05) is 18.5 Å². The predicted octanol–water partition coefficient (Wildman–Crippen LogP) is 2.57. The minimum Gasteiger partial charge on any atom is -0.361 e. The maximum atomic E-state index is 5.15. The summed E-state index contributed by atoms with van der Waals surface area (Å²) in [6.45, 7) is 7.22. The van der Waals surface area contributed by atoms with Gasteiger partial charge in [-0.2, -0.15) is 0 Å². The molecule has 1 aromatic rings. The molecular formula is C12H20N2O. The summed E-state index contributed by atoms with van der Waals surface area (Å²) in [5.74, 6) is 1.76. The van der Waals surface area contributed by atoms with Gasteiger partial charge < -0.3 is 9.84 Å². The molecule has 0 bridgehead atoms. The van der Waals surface area contributed by atoms with Gasteiger partial charge in [-0.15, -0.1) is 0 Å². The van der Waals surface area contributed by atoms with E-state index < -0.39 is 0 Å². The number of rotatable bonds is 3. The van der Waals surface area contributed by atoms with Crippen molar-refractivity contribution in [3.63, 3.8) is 0 Å². The summed E-state index contributed by atoms with van der Waals surface area (Å²) in [5, 5.41) is 7.58. The number of hydrogen-bond donors (Lipinski definition) is 1. The Bertz CT molecular complexity index is 313. The van der Waals surface area contributed by atoms with Gasteiger partial charge in [-0.05, 0) is 32.6 Å². The van der Waals surface area contributed by atoms with Crippen molar-refractivity contribution < 1.29 is 4.52 Å². The average Bonchev–Trinajstić information content (AvgIpc) is 2.73. The Morgan fingerprint density at radius 1 is 1.40 bits per heavy atom. The minimum atomic E-state index is 0.679. The molecule has 1 heterocycles. The molecular weight excluding hydrogens is 188 g/mol. The van der Waals surface area contributed by atoms with Crippen LogP contribution in [-0.4, -0.2) is 11.2 Å². The van der Waals surface area contributed by atoms with Crippen LogP contribution in [0.5, 0.6) is 0 Å². The van der Waals surface area contributed by atoms with E-state index in [1.807, 2.05) is 13.8 Å². The van der Waals surface area contributed by atoms with Crippen molar-refractivity contribution >= 4 is 0 Å². The summed E-state index contributed by atoms with van der Waals surface area (Å²) in [6, 6.07) is 0.679. The van der Waals surface area contributed by atoms with Crippen molar-refractivity contribution in [1.82, 2.24) is 10.5 Å². The highest BCUT2D eigenvalue weighted by Crippen LogP contribution is 2.25. The number of nitrogens with zero attached hydrogens (tertiary/aromatic N) is 1. The highest BCUT2D eigenvalue weighted by Gasteiger charge is 2.23. The molecule has 0 radical (unpaired) electrons. The van der Waals surface area contributed by atoms with Crippen LogP contribution in [0.4, 0.5) is 0 Å². The van der Waals surface area contributed by atoms with Gasteiger partial charge in [-0.25, -0.2) is 0 Å². The lowest BCUT2D eigenvalue weighted by Gasteiger charge is -2.16. The van der Waals surface area contributed by atoms with Gasteiger partial charge in [0.15, 0.2) is 0 Å². The third-order valence-corrected chi connectivity index (χ3v) is 3.58. The summed E-state index contributed by atoms with van der Waals surface area (Å²) >= 11 is 0. The summed E-state index contributed by atoms with van der Waals surface area (Å²) in [6.07, 6.45) is 4.03. The van der Waals surface area contributed by atoms with E-state index in [1.54, 1.807) is 0 Å². The standard InChI is InChI=1S/C12H20N2O/c1-8-5-4-6-12(8)13-7-11-9(2)14-15-10(11)3/h8,12-13H,4-7H2,1-3H3/t8-,12+/m1/s1. The van der Waals surface area contributed by atoms with Gasteiger partial charge in [0.2, 0.25) is 0 Å². The van der Waals surface area contributed by atoms with Gasteiger partial charge in [0.1, 0.15) is 5.76 Å². The van der Waals surface area contributed by atoms with Crippen LogP contribution >= 0.6 is 0 Å². The summed E-state index contributed by atoms with van der Waals surface area (Å²) in [4.78, 5) is 0. The second-order valence-corrected chi connectivity index (χ2v) is 4.70. The lowest BCUT2D eigenvalue weighted by molar-refractivity contribution is 0.389. The first-order valence-electron chi connectivity index (χ1n) is 5.83. The SMILES string of the molecule is Cc1noc(C)c1CN[C@H]1CCC[C@H]1C. The van der Waals surface area contributed by atoms with Crippen molar-refractivity contribution in [1.29, 1.82) is 0 Å². The molecule has 1 N–H and O–H groups in total. The van der Waals surface area contributed by atoms with Crippen LogP contribution < -0.4 is 5.32 Å². The maximum Gasteiger partial charge on any atom is 0.138 e. The minimum absolute atomic E-state index is 0.679. The monoisotopic (exact) mass is 208 g/mol. The second kappa shape index (κ2) is 4.35. The number of hydrogen-bond acceptors (Lipinski definition) is 3. The molecule has 2 atom stereocenters. The predicted molar refractivity (Wildman–Crippen MR) is 59.6 cm³/mol. The molecule has 1 aromatic heterocycles. The fraction of sp³-hybridized carbons (Fsp3) is 0.750. The molecule has 0 aromatic carbocycles. The number of aromatic nitrogens is 1. The smallest absolute Gasteiger partial charge is 0.138 e. The topological polar surface area (TPSA) is 38.1 Å². The zero-order chi connectivity index (χ0) is 10.8. The van der Waals surface area contributed by atoms with Crippen molar-refractivity contribution in [2.75, 3.05) is 0 Å². The molecule has 1 saturated carbocycles. The Morgan fingerprint density at radius 2 is 2.20 bits per heavy atom. The third-order valence-electron chi connectivity index (χ3n) is 3.58. The Hall–Kier alpha value is -0.830. The number of nitrogens with one attached hydrogen (secondary N) is 1. The van der Waals surface area contributed by atoms with Crippen LogP contribution in [-0.2, 0) is 6.54 Å². The average molecular weight is 208 g/mol. The zero-order valence-electron chi connectivity index (χ0n) is 9.84. The third kappa shape index (κ3) is 2.23. The molecule has 0 spiro atoms. The second-order valence-electron chi connectivity index (χ2n) is 4.70. The molecule has 0 amide bonds. The van der Waals surface area contributed by atoms with Gasteiger partial charge in [0, 0.05) is 18.2 Å². The van der Waals surface area contributed by atoms with E-state index in [0.29, 0.717) is 6.04 Å². The van der Waals surface area contributed by atoms with Crippen LogP contribution in [0.15, 0.2) is 4.52 Å². The van der Waals surface area contributed by atoms with Gasteiger partial charge in [-0.3, -0.25) is 0 Å². The van der Waals surface area contributed by atoms with Crippen molar-refractivity contribution in [2.24, 2.45) is 5.92 Å². The van der Waals surface area contributed by atoms with E-state index in [1.165, 1.54) is 24.8 Å². The Morgan fingerprint density at radius 3 is 2.73 bits per heavy atom. The Kier molecular flexibility index (Phi) is 3.10. The molecule has 84 valence electrons. The van der Waals surface area contributed by atoms with Gasteiger partial charge in [0.25, 0.3) is 0 Å². The van der Waals surface area contributed by atoms with Crippen LogP contribution in [0, 0.1) is 19.8 Å². The lowest BCUT2D eigenvalue weighted by atomic mass is 10.1. The Balaban J connectivity index is 1.93.